The smallest absolute Gasteiger partial charge is 0.300 e. The molecule has 174 valence electrons. The van der Waals surface area contributed by atoms with Crippen LogP contribution in [-0.4, -0.2) is 41.9 Å². The van der Waals surface area contributed by atoms with E-state index in [-0.39, 0.29) is 12.0 Å². The molecule has 2 aromatic carbocycles. The summed E-state index contributed by atoms with van der Waals surface area (Å²) < 4.78 is 11.3. The number of rotatable bonds is 10. The molecule has 0 radical (unpaired) electrons. The van der Waals surface area contributed by atoms with E-state index in [0.717, 1.165) is 24.8 Å². The van der Waals surface area contributed by atoms with E-state index >= 15 is 0 Å². The normalized spacial score (nSPS) is 10.2. The number of carboxylic acids is 1. The van der Waals surface area contributed by atoms with Crippen LogP contribution in [0.1, 0.15) is 58.6 Å². The maximum absolute atomic E-state index is 9.00. The van der Waals surface area contributed by atoms with Gasteiger partial charge in [-0.05, 0) is 41.8 Å². The Bertz CT molecular complexity index is 652. The number of aliphatic hydroxyl groups excluding tert-OH is 1. The fraction of sp³-hybridized carbons (Fsp3) is 0.480. The topological polar surface area (TPSA) is 76.0 Å². The second-order valence-corrected chi connectivity index (χ2v) is 7.39. The minimum absolute atomic E-state index is 0.113. The molecule has 0 spiro atoms. The van der Waals surface area contributed by atoms with Gasteiger partial charge < -0.3 is 19.7 Å². The van der Waals surface area contributed by atoms with Crippen LogP contribution in [0.15, 0.2) is 48.5 Å². The zero-order valence-electron chi connectivity index (χ0n) is 19.4. The van der Waals surface area contributed by atoms with Gasteiger partial charge in [-0.15, -0.1) is 11.6 Å². The molecule has 0 atom stereocenters. The van der Waals surface area contributed by atoms with Crippen LogP contribution < -0.4 is 9.47 Å². The van der Waals surface area contributed by atoms with Crippen LogP contribution in [0.5, 0.6) is 11.5 Å². The van der Waals surface area contributed by atoms with Crippen LogP contribution in [-0.2, 0) is 10.2 Å². The number of hydrogen-bond acceptors (Lipinski definition) is 4. The highest BCUT2D eigenvalue weighted by atomic mass is 35.5. The van der Waals surface area contributed by atoms with Crippen LogP contribution in [0, 0.1) is 0 Å². The summed E-state index contributed by atoms with van der Waals surface area (Å²) in [6.07, 6.45) is 1.49. The summed E-state index contributed by atoms with van der Waals surface area (Å²) in [5.41, 5.74) is 2.34. The monoisotopic (exact) mass is 452 g/mol. The van der Waals surface area contributed by atoms with Gasteiger partial charge in [-0.1, -0.05) is 52.0 Å². The molecule has 0 aliphatic rings. The van der Waals surface area contributed by atoms with Gasteiger partial charge in [-0.2, -0.15) is 0 Å². The Hall–Kier alpha value is -2.24. The van der Waals surface area contributed by atoms with E-state index in [1.165, 1.54) is 11.1 Å². The van der Waals surface area contributed by atoms with Crippen LogP contribution in [0.25, 0.3) is 0 Å². The summed E-state index contributed by atoms with van der Waals surface area (Å²) in [6.45, 7) is 10.8. The first-order valence-corrected chi connectivity index (χ1v) is 11.2. The molecular formula is C25H37ClO5. The molecule has 6 heteroatoms. The highest BCUT2D eigenvalue weighted by molar-refractivity contribution is 6.17. The third kappa shape index (κ3) is 11.7. The largest absolute Gasteiger partial charge is 0.494 e. The zero-order chi connectivity index (χ0) is 23.7. The van der Waals surface area contributed by atoms with E-state index < -0.39 is 5.97 Å². The van der Waals surface area contributed by atoms with Crippen molar-refractivity contribution >= 4 is 17.6 Å². The maximum atomic E-state index is 9.00. The van der Waals surface area contributed by atoms with Crippen molar-refractivity contribution in [3.8, 4) is 11.5 Å². The van der Waals surface area contributed by atoms with Crippen molar-refractivity contribution in [3.63, 3.8) is 0 Å². The Labute approximate surface area is 192 Å². The SMILES string of the molecule is CC.CC(=O)O.CC(C)(c1ccc(OCCCO)cc1)c1ccc(OCCCCl)cc1. The molecule has 0 saturated carbocycles. The molecule has 5 nitrogen and oxygen atoms in total. The Morgan fingerprint density at radius 2 is 1.23 bits per heavy atom. The Balaban J connectivity index is 0.00000134. The lowest BCUT2D eigenvalue weighted by Crippen LogP contribution is -2.18. The number of carbonyl (C=O) groups is 1. The van der Waals surface area contributed by atoms with E-state index in [0.29, 0.717) is 25.5 Å². The van der Waals surface area contributed by atoms with Gasteiger partial charge in [0.05, 0.1) is 13.2 Å². The van der Waals surface area contributed by atoms with E-state index in [1.54, 1.807) is 0 Å². The molecule has 0 amide bonds. The number of halogens is 1. The molecule has 0 heterocycles. The van der Waals surface area contributed by atoms with E-state index in [2.05, 4.69) is 38.1 Å². The van der Waals surface area contributed by atoms with Gasteiger partial charge in [0.25, 0.3) is 5.97 Å². The molecule has 0 aliphatic carbocycles. The summed E-state index contributed by atoms with van der Waals surface area (Å²) in [6, 6.07) is 16.4. The number of aliphatic hydroxyl groups is 1. The first-order chi connectivity index (χ1) is 14.8. The van der Waals surface area contributed by atoms with Crippen molar-refractivity contribution in [2.45, 2.75) is 52.9 Å². The molecule has 0 aromatic heterocycles. The Morgan fingerprint density at radius 1 is 0.871 bits per heavy atom. The zero-order valence-corrected chi connectivity index (χ0v) is 20.1. The van der Waals surface area contributed by atoms with Crippen LogP contribution in [0.2, 0.25) is 0 Å². The van der Waals surface area contributed by atoms with Gasteiger partial charge in [0.15, 0.2) is 0 Å². The Morgan fingerprint density at radius 3 is 1.55 bits per heavy atom. The molecule has 31 heavy (non-hydrogen) atoms. The van der Waals surface area contributed by atoms with E-state index in [1.807, 2.05) is 38.1 Å². The predicted molar refractivity (Wildman–Crippen MR) is 128 cm³/mol. The van der Waals surface area contributed by atoms with Gasteiger partial charge in [0, 0.05) is 31.2 Å². The summed E-state index contributed by atoms with van der Waals surface area (Å²) in [5, 5.41) is 16.2. The van der Waals surface area contributed by atoms with Crippen LogP contribution in [0.4, 0.5) is 0 Å². The molecule has 0 fully saturated rings. The summed E-state index contributed by atoms with van der Waals surface area (Å²) in [5.74, 6) is 1.48. The molecule has 0 unspecified atom stereocenters. The highest BCUT2D eigenvalue weighted by Gasteiger charge is 2.23. The first kappa shape index (κ1) is 28.8. The standard InChI is InChI=1S/C21H27ClO3.C2H4O2.C2H6/c1-21(2,17-5-9-19(10-6-17)24-15-3-13-22)18-7-11-20(12-8-18)25-16-4-14-23;1-2(3)4;1-2/h5-12,23H,3-4,13-16H2,1-2H3;1H3,(H,3,4);1-2H3. The summed E-state index contributed by atoms with van der Waals surface area (Å²) in [4.78, 5) is 9.00. The molecule has 0 saturated heterocycles. The molecule has 0 aliphatic heterocycles. The predicted octanol–water partition coefficient (Wildman–Crippen LogP) is 5.90. The second-order valence-electron chi connectivity index (χ2n) is 7.01. The number of aliphatic carboxylic acids is 1. The van der Waals surface area contributed by atoms with Crippen molar-refractivity contribution in [1.29, 1.82) is 0 Å². The van der Waals surface area contributed by atoms with Crippen LogP contribution in [0.3, 0.4) is 0 Å². The third-order valence-electron chi connectivity index (χ3n) is 4.27. The fourth-order valence-electron chi connectivity index (χ4n) is 2.60. The van der Waals surface area contributed by atoms with Gasteiger partial charge >= 0.3 is 0 Å². The molecule has 2 rings (SSSR count). The number of alkyl halides is 1. The summed E-state index contributed by atoms with van der Waals surface area (Å²) >= 11 is 5.67. The van der Waals surface area contributed by atoms with E-state index in [9.17, 15) is 0 Å². The quantitative estimate of drug-likeness (QED) is 0.346. The number of hydrogen-bond donors (Lipinski definition) is 2. The van der Waals surface area contributed by atoms with Crippen molar-refractivity contribution in [2.75, 3.05) is 25.7 Å². The highest BCUT2D eigenvalue weighted by Crippen LogP contribution is 2.33. The molecule has 0 bridgehead atoms. The summed E-state index contributed by atoms with van der Waals surface area (Å²) in [7, 11) is 0. The molecule has 2 aromatic rings. The van der Waals surface area contributed by atoms with Crippen molar-refractivity contribution < 1.29 is 24.5 Å². The average molecular weight is 453 g/mol. The average Bonchev–Trinajstić information content (AvgIpc) is 2.76. The molecular weight excluding hydrogens is 416 g/mol. The number of ether oxygens (including phenoxy) is 2. The lowest BCUT2D eigenvalue weighted by molar-refractivity contribution is -0.134. The minimum atomic E-state index is -0.833. The van der Waals surface area contributed by atoms with Crippen molar-refractivity contribution in [3.05, 3.63) is 59.7 Å². The van der Waals surface area contributed by atoms with Crippen LogP contribution >= 0.6 is 11.6 Å². The van der Waals surface area contributed by atoms with Gasteiger partial charge in [-0.25, -0.2) is 0 Å². The third-order valence-corrected chi connectivity index (χ3v) is 4.54. The van der Waals surface area contributed by atoms with Crippen molar-refractivity contribution in [2.24, 2.45) is 0 Å². The fourth-order valence-corrected chi connectivity index (χ4v) is 2.71. The maximum Gasteiger partial charge on any atom is 0.300 e. The number of benzene rings is 2. The second kappa shape index (κ2) is 16.5. The van der Waals surface area contributed by atoms with Gasteiger partial charge in [0.1, 0.15) is 11.5 Å². The number of carboxylic acid groups (broad SMARTS) is 1. The Kier molecular flexibility index (Phi) is 15.3. The lowest BCUT2D eigenvalue weighted by atomic mass is 9.78. The van der Waals surface area contributed by atoms with E-state index in [4.69, 9.17) is 36.1 Å². The molecule has 2 N–H and O–H groups in total. The minimum Gasteiger partial charge on any atom is -0.494 e. The lowest BCUT2D eigenvalue weighted by Gasteiger charge is -2.26. The van der Waals surface area contributed by atoms with Gasteiger partial charge in [0.2, 0.25) is 0 Å². The first-order valence-electron chi connectivity index (χ1n) is 10.6. The van der Waals surface area contributed by atoms with Gasteiger partial charge in [-0.3, -0.25) is 4.79 Å². The van der Waals surface area contributed by atoms with Crippen molar-refractivity contribution in [1.82, 2.24) is 0 Å².